The van der Waals surface area contributed by atoms with Crippen LogP contribution in [0.5, 0.6) is 0 Å². The fourth-order valence-electron chi connectivity index (χ4n) is 3.80. The molecule has 2 aliphatic rings. The van der Waals surface area contributed by atoms with E-state index in [1.54, 1.807) is 11.3 Å². The van der Waals surface area contributed by atoms with E-state index in [0.717, 1.165) is 41.8 Å². The van der Waals surface area contributed by atoms with E-state index in [1.807, 2.05) is 30.3 Å². The molecule has 2 aliphatic carbocycles. The Bertz CT molecular complexity index is 1100. The molecule has 0 aliphatic heterocycles. The minimum atomic E-state index is -0.0469. The number of anilines is 1. The highest BCUT2D eigenvalue weighted by Crippen LogP contribution is 2.39. The zero-order valence-corrected chi connectivity index (χ0v) is 16.9. The van der Waals surface area contributed by atoms with Gasteiger partial charge in [-0.3, -0.25) is 9.59 Å². The van der Waals surface area contributed by atoms with Crippen molar-refractivity contribution in [1.82, 2.24) is 5.32 Å². The molecule has 146 valence electrons. The van der Waals surface area contributed by atoms with Gasteiger partial charge in [0.15, 0.2) is 0 Å². The number of rotatable bonds is 5. The summed E-state index contributed by atoms with van der Waals surface area (Å²) in [4.78, 5) is 26.7. The maximum absolute atomic E-state index is 12.7. The first-order chi connectivity index (χ1) is 14.2. The van der Waals surface area contributed by atoms with Crippen LogP contribution in [0.4, 0.5) is 5.69 Å². The second kappa shape index (κ2) is 7.48. The molecule has 2 aromatic carbocycles. The van der Waals surface area contributed by atoms with Gasteiger partial charge >= 0.3 is 0 Å². The third kappa shape index (κ3) is 3.83. The van der Waals surface area contributed by atoms with E-state index >= 15 is 0 Å². The molecule has 0 spiro atoms. The smallest absolute Gasteiger partial charge is 0.261 e. The van der Waals surface area contributed by atoms with E-state index in [2.05, 4.69) is 34.9 Å². The third-order valence-electron chi connectivity index (χ3n) is 5.55. The maximum atomic E-state index is 12.7. The second-order valence-corrected chi connectivity index (χ2v) is 8.82. The van der Waals surface area contributed by atoms with Crippen LogP contribution in [0.3, 0.4) is 0 Å². The summed E-state index contributed by atoms with van der Waals surface area (Å²) in [5.74, 6) is 0.221. The van der Waals surface area contributed by atoms with Crippen LogP contribution in [0.2, 0.25) is 0 Å². The van der Waals surface area contributed by atoms with E-state index in [9.17, 15) is 9.59 Å². The monoisotopic (exact) mass is 402 g/mol. The fourth-order valence-corrected chi connectivity index (χ4v) is 4.99. The highest BCUT2D eigenvalue weighted by molar-refractivity contribution is 7.17. The number of benzene rings is 2. The summed E-state index contributed by atoms with van der Waals surface area (Å²) in [5.41, 5.74) is 5.65. The molecule has 29 heavy (non-hydrogen) atoms. The standard InChI is InChI=1S/C24H22N2O2S/c27-23(17-9-10-17)26-19-6-3-4-15(12-19)14-25-24(28)21-13-18-11-8-16-5-1-2-7-20(16)22(18)29-21/h1-7,12-13,17H,8-11,14H2,(H,25,28)(H,26,27). The van der Waals surface area contributed by atoms with Crippen molar-refractivity contribution in [3.63, 3.8) is 0 Å². The predicted molar refractivity (Wildman–Crippen MR) is 116 cm³/mol. The Labute approximate surface area is 174 Å². The Kier molecular flexibility index (Phi) is 4.68. The minimum absolute atomic E-state index is 0.0469. The molecule has 0 radical (unpaired) electrons. The number of hydrogen-bond acceptors (Lipinski definition) is 3. The molecule has 0 bridgehead atoms. The molecule has 0 unspecified atom stereocenters. The van der Waals surface area contributed by atoms with E-state index < -0.39 is 0 Å². The Morgan fingerprint density at radius 2 is 1.79 bits per heavy atom. The number of thiophene rings is 1. The lowest BCUT2D eigenvalue weighted by Gasteiger charge is -2.15. The Morgan fingerprint density at radius 3 is 2.66 bits per heavy atom. The molecule has 1 heterocycles. The first-order valence-corrected chi connectivity index (χ1v) is 10.9. The summed E-state index contributed by atoms with van der Waals surface area (Å²) < 4.78 is 0. The number of nitrogens with one attached hydrogen (secondary N) is 2. The van der Waals surface area contributed by atoms with Gasteiger partial charge in [-0.25, -0.2) is 0 Å². The molecule has 0 atom stereocenters. The van der Waals surface area contributed by atoms with Crippen molar-refractivity contribution in [2.24, 2.45) is 5.92 Å². The molecular formula is C24H22N2O2S. The van der Waals surface area contributed by atoms with E-state index in [4.69, 9.17) is 0 Å². The molecule has 0 saturated heterocycles. The zero-order valence-electron chi connectivity index (χ0n) is 16.0. The minimum Gasteiger partial charge on any atom is -0.347 e. The van der Waals surface area contributed by atoms with Gasteiger partial charge in [-0.15, -0.1) is 11.3 Å². The van der Waals surface area contributed by atoms with Crippen LogP contribution in [0.1, 0.15) is 39.2 Å². The average Bonchev–Trinajstić information content (AvgIpc) is 3.50. The van der Waals surface area contributed by atoms with Gasteiger partial charge in [0.2, 0.25) is 5.91 Å². The predicted octanol–water partition coefficient (Wildman–Crippen LogP) is 4.79. The summed E-state index contributed by atoms with van der Waals surface area (Å²) in [6.07, 6.45) is 3.98. The third-order valence-corrected chi connectivity index (χ3v) is 6.76. The molecule has 5 rings (SSSR count). The van der Waals surface area contributed by atoms with Crippen LogP contribution in [0.25, 0.3) is 10.4 Å². The fraction of sp³-hybridized carbons (Fsp3) is 0.250. The van der Waals surface area contributed by atoms with Crippen molar-refractivity contribution in [3.05, 3.63) is 76.2 Å². The van der Waals surface area contributed by atoms with Crippen LogP contribution < -0.4 is 10.6 Å². The number of hydrogen-bond donors (Lipinski definition) is 2. The summed E-state index contributed by atoms with van der Waals surface area (Å²) in [7, 11) is 0. The molecule has 2 N–H and O–H groups in total. The van der Waals surface area contributed by atoms with E-state index in [1.165, 1.54) is 21.6 Å². The molecule has 1 fully saturated rings. The Balaban J connectivity index is 1.26. The quantitative estimate of drug-likeness (QED) is 0.644. The van der Waals surface area contributed by atoms with Gasteiger partial charge < -0.3 is 10.6 Å². The highest BCUT2D eigenvalue weighted by atomic mass is 32.1. The highest BCUT2D eigenvalue weighted by Gasteiger charge is 2.29. The summed E-state index contributed by atoms with van der Waals surface area (Å²) in [6, 6.07) is 18.2. The topological polar surface area (TPSA) is 58.2 Å². The molecule has 1 saturated carbocycles. The van der Waals surface area contributed by atoms with Gasteiger partial charge in [0.25, 0.3) is 5.91 Å². The summed E-state index contributed by atoms with van der Waals surface area (Å²) in [5, 5.41) is 5.98. The molecule has 2 amide bonds. The van der Waals surface area contributed by atoms with Gasteiger partial charge in [-0.1, -0.05) is 36.4 Å². The lowest BCUT2D eigenvalue weighted by atomic mass is 9.91. The number of fused-ring (bicyclic) bond motifs is 3. The van der Waals surface area contributed by atoms with Crippen LogP contribution in [0, 0.1) is 5.92 Å². The molecule has 1 aromatic heterocycles. The lowest BCUT2D eigenvalue weighted by molar-refractivity contribution is -0.117. The van der Waals surface area contributed by atoms with Gasteiger partial charge in [-0.2, -0.15) is 0 Å². The first kappa shape index (κ1) is 18.1. The lowest BCUT2D eigenvalue weighted by Crippen LogP contribution is -2.22. The molecule has 3 aromatic rings. The largest absolute Gasteiger partial charge is 0.347 e. The Morgan fingerprint density at radius 1 is 0.966 bits per heavy atom. The number of carbonyl (C=O) groups is 2. The van der Waals surface area contributed by atoms with Gasteiger partial charge in [0.05, 0.1) is 4.88 Å². The maximum Gasteiger partial charge on any atom is 0.261 e. The van der Waals surface area contributed by atoms with Gasteiger partial charge in [0.1, 0.15) is 0 Å². The number of aryl methyl sites for hydroxylation is 2. The molecule has 5 heteroatoms. The van der Waals surface area contributed by atoms with Crippen LogP contribution in [-0.2, 0) is 24.2 Å². The van der Waals surface area contributed by atoms with Gasteiger partial charge in [0, 0.05) is 23.0 Å². The SMILES string of the molecule is O=C(NCc1cccc(NC(=O)C2CC2)c1)c1cc2c(s1)-c1ccccc1CC2. The number of carbonyl (C=O) groups excluding carboxylic acids is 2. The van der Waals surface area contributed by atoms with Crippen LogP contribution in [0.15, 0.2) is 54.6 Å². The van der Waals surface area contributed by atoms with Crippen molar-refractivity contribution in [2.45, 2.75) is 32.2 Å². The second-order valence-electron chi connectivity index (χ2n) is 7.77. The normalized spacial score (nSPS) is 14.6. The molecule has 4 nitrogen and oxygen atoms in total. The summed E-state index contributed by atoms with van der Waals surface area (Å²) >= 11 is 1.57. The van der Waals surface area contributed by atoms with E-state index in [-0.39, 0.29) is 17.7 Å². The van der Waals surface area contributed by atoms with Crippen molar-refractivity contribution >= 4 is 28.8 Å². The van der Waals surface area contributed by atoms with Gasteiger partial charge in [-0.05, 0) is 66.1 Å². The molecular weight excluding hydrogens is 380 g/mol. The van der Waals surface area contributed by atoms with Crippen molar-refractivity contribution in [3.8, 4) is 10.4 Å². The van der Waals surface area contributed by atoms with Crippen molar-refractivity contribution in [2.75, 3.05) is 5.32 Å². The van der Waals surface area contributed by atoms with E-state index in [0.29, 0.717) is 6.54 Å². The number of amides is 2. The Hall–Kier alpha value is -2.92. The average molecular weight is 403 g/mol. The van der Waals surface area contributed by atoms with Crippen LogP contribution in [-0.4, -0.2) is 11.8 Å². The first-order valence-electron chi connectivity index (χ1n) is 10.1. The summed E-state index contributed by atoms with van der Waals surface area (Å²) in [6.45, 7) is 0.436. The van der Waals surface area contributed by atoms with Crippen LogP contribution >= 0.6 is 11.3 Å². The van der Waals surface area contributed by atoms with Crippen molar-refractivity contribution < 1.29 is 9.59 Å². The zero-order chi connectivity index (χ0) is 19.8. The van der Waals surface area contributed by atoms with Crippen molar-refractivity contribution in [1.29, 1.82) is 0 Å².